The van der Waals surface area contributed by atoms with Crippen molar-refractivity contribution in [1.82, 2.24) is 0 Å². The molecule has 1 aromatic rings. The molecule has 1 saturated heterocycles. The Morgan fingerprint density at radius 3 is 3.07 bits per heavy atom. The molecule has 0 spiro atoms. The van der Waals surface area contributed by atoms with E-state index < -0.39 is 12.1 Å². The van der Waals surface area contributed by atoms with Crippen LogP contribution in [0.5, 0.6) is 0 Å². The number of hydrogen-bond acceptors (Lipinski definition) is 4. The number of thiophene rings is 1. The molecule has 0 radical (unpaired) electrons. The van der Waals surface area contributed by atoms with Gasteiger partial charge in [0.05, 0.1) is 18.3 Å². The first-order valence-corrected chi connectivity index (χ1v) is 5.64. The first kappa shape index (κ1) is 10.6. The molecule has 2 unspecified atom stereocenters. The Bertz CT molecular complexity index is 354. The molecule has 5 heteroatoms. The number of hydrogen-bond donors (Lipinski definition) is 2. The number of rotatable bonds is 3. The molecule has 0 aromatic carbocycles. The maximum absolute atomic E-state index is 10.9. The van der Waals surface area contributed by atoms with Crippen LogP contribution < -0.4 is 0 Å². The Balaban J connectivity index is 2.20. The van der Waals surface area contributed by atoms with Crippen LogP contribution in [0.1, 0.15) is 27.8 Å². The number of aromatic carboxylic acids is 1. The second-order valence-electron chi connectivity index (χ2n) is 3.57. The standard InChI is InChI=1S/C10H12O4S/c11-8(6-1-3-14-5-6)9-7(10(12)13)2-4-15-9/h2,4,6,8,11H,1,3,5H2,(H,12,13). The third-order valence-corrected chi connectivity index (χ3v) is 3.59. The predicted octanol–water partition coefficient (Wildman–Crippen LogP) is 1.52. The Morgan fingerprint density at radius 1 is 1.67 bits per heavy atom. The molecule has 0 bridgehead atoms. The number of carbonyl (C=O) groups is 1. The van der Waals surface area contributed by atoms with Gasteiger partial charge in [-0.15, -0.1) is 11.3 Å². The highest BCUT2D eigenvalue weighted by molar-refractivity contribution is 7.10. The van der Waals surface area contributed by atoms with Gasteiger partial charge in [0.25, 0.3) is 0 Å². The van der Waals surface area contributed by atoms with E-state index in [0.717, 1.165) is 6.42 Å². The number of aliphatic hydroxyl groups excluding tert-OH is 1. The average Bonchev–Trinajstić information content (AvgIpc) is 2.88. The van der Waals surface area contributed by atoms with Crippen LogP contribution >= 0.6 is 11.3 Å². The summed E-state index contributed by atoms with van der Waals surface area (Å²) in [7, 11) is 0. The summed E-state index contributed by atoms with van der Waals surface area (Å²) in [6, 6.07) is 1.53. The molecule has 1 aromatic heterocycles. The lowest BCUT2D eigenvalue weighted by molar-refractivity contribution is 0.0674. The van der Waals surface area contributed by atoms with Crippen LogP contribution in [0.3, 0.4) is 0 Å². The van der Waals surface area contributed by atoms with E-state index in [-0.39, 0.29) is 11.5 Å². The Morgan fingerprint density at radius 2 is 2.47 bits per heavy atom. The Kier molecular flexibility index (Phi) is 3.04. The molecular weight excluding hydrogens is 216 g/mol. The van der Waals surface area contributed by atoms with Gasteiger partial charge >= 0.3 is 5.97 Å². The summed E-state index contributed by atoms with van der Waals surface area (Å²) in [6.07, 6.45) is 0.0802. The second-order valence-corrected chi connectivity index (χ2v) is 4.52. The van der Waals surface area contributed by atoms with Crippen molar-refractivity contribution in [3.63, 3.8) is 0 Å². The normalized spacial score (nSPS) is 22.9. The summed E-state index contributed by atoms with van der Waals surface area (Å²) in [5.41, 5.74) is 0.208. The molecule has 1 aliphatic rings. The Labute approximate surface area is 91.1 Å². The van der Waals surface area contributed by atoms with E-state index in [9.17, 15) is 9.90 Å². The van der Waals surface area contributed by atoms with Gasteiger partial charge in [0.15, 0.2) is 0 Å². The summed E-state index contributed by atoms with van der Waals surface area (Å²) < 4.78 is 5.17. The first-order valence-electron chi connectivity index (χ1n) is 4.76. The van der Waals surface area contributed by atoms with Crippen molar-refractivity contribution in [2.24, 2.45) is 5.92 Å². The molecule has 2 N–H and O–H groups in total. The monoisotopic (exact) mass is 228 g/mol. The second kappa shape index (κ2) is 4.30. The van der Waals surface area contributed by atoms with Gasteiger partial charge in [-0.25, -0.2) is 4.79 Å². The minimum Gasteiger partial charge on any atom is -0.478 e. The molecule has 0 aliphatic carbocycles. The van der Waals surface area contributed by atoms with Gasteiger partial charge in [-0.05, 0) is 17.9 Å². The van der Waals surface area contributed by atoms with Gasteiger partial charge in [0.1, 0.15) is 0 Å². The number of aliphatic hydroxyl groups is 1. The molecule has 2 rings (SSSR count). The van der Waals surface area contributed by atoms with E-state index in [4.69, 9.17) is 9.84 Å². The fourth-order valence-corrected chi connectivity index (χ4v) is 2.71. The highest BCUT2D eigenvalue weighted by Crippen LogP contribution is 2.33. The lowest BCUT2D eigenvalue weighted by Gasteiger charge is -2.15. The van der Waals surface area contributed by atoms with Crippen LogP contribution in [0.2, 0.25) is 0 Å². The van der Waals surface area contributed by atoms with Crippen LogP contribution in [-0.4, -0.2) is 29.4 Å². The van der Waals surface area contributed by atoms with E-state index in [0.29, 0.717) is 18.1 Å². The number of carboxylic acids is 1. The van der Waals surface area contributed by atoms with Crippen LogP contribution in [0.15, 0.2) is 11.4 Å². The summed E-state index contributed by atoms with van der Waals surface area (Å²) in [4.78, 5) is 11.4. The van der Waals surface area contributed by atoms with Crippen LogP contribution in [0.4, 0.5) is 0 Å². The third kappa shape index (κ3) is 2.04. The zero-order chi connectivity index (χ0) is 10.8. The smallest absolute Gasteiger partial charge is 0.336 e. The highest BCUT2D eigenvalue weighted by Gasteiger charge is 2.29. The molecule has 2 heterocycles. The predicted molar refractivity (Wildman–Crippen MR) is 55.2 cm³/mol. The van der Waals surface area contributed by atoms with E-state index >= 15 is 0 Å². The summed E-state index contributed by atoms with van der Waals surface area (Å²) in [5, 5.41) is 20.6. The summed E-state index contributed by atoms with van der Waals surface area (Å²) in [5.74, 6) is -0.953. The van der Waals surface area contributed by atoms with Crippen molar-refractivity contribution >= 4 is 17.3 Å². The van der Waals surface area contributed by atoms with Gasteiger partial charge in [0, 0.05) is 17.4 Å². The van der Waals surface area contributed by atoms with Crippen molar-refractivity contribution in [2.45, 2.75) is 12.5 Å². The van der Waals surface area contributed by atoms with E-state index in [1.807, 2.05) is 0 Å². The van der Waals surface area contributed by atoms with Crippen LogP contribution in [-0.2, 0) is 4.74 Å². The molecule has 4 nitrogen and oxygen atoms in total. The fourth-order valence-electron chi connectivity index (χ4n) is 1.74. The number of ether oxygens (including phenoxy) is 1. The minimum atomic E-state index is -0.982. The minimum absolute atomic E-state index is 0.0294. The lowest BCUT2D eigenvalue weighted by atomic mass is 9.98. The van der Waals surface area contributed by atoms with Crippen LogP contribution in [0.25, 0.3) is 0 Å². The zero-order valence-corrected chi connectivity index (χ0v) is 8.87. The third-order valence-electron chi connectivity index (χ3n) is 2.61. The summed E-state index contributed by atoms with van der Waals surface area (Å²) in [6.45, 7) is 1.16. The van der Waals surface area contributed by atoms with Gasteiger partial charge < -0.3 is 14.9 Å². The average molecular weight is 228 g/mol. The van der Waals surface area contributed by atoms with E-state index in [1.54, 1.807) is 5.38 Å². The van der Waals surface area contributed by atoms with Crippen molar-refractivity contribution in [2.75, 3.05) is 13.2 Å². The topological polar surface area (TPSA) is 66.8 Å². The van der Waals surface area contributed by atoms with E-state index in [1.165, 1.54) is 17.4 Å². The zero-order valence-electron chi connectivity index (χ0n) is 8.05. The maximum Gasteiger partial charge on any atom is 0.336 e. The molecule has 0 amide bonds. The molecule has 1 fully saturated rings. The SMILES string of the molecule is O=C(O)c1ccsc1C(O)C1CCOC1. The molecule has 0 saturated carbocycles. The van der Waals surface area contributed by atoms with Gasteiger partial charge in [-0.2, -0.15) is 0 Å². The fraction of sp³-hybridized carbons (Fsp3) is 0.500. The maximum atomic E-state index is 10.9. The number of carboxylic acid groups (broad SMARTS) is 1. The molecule has 1 aliphatic heterocycles. The highest BCUT2D eigenvalue weighted by atomic mass is 32.1. The van der Waals surface area contributed by atoms with Gasteiger partial charge in [-0.1, -0.05) is 0 Å². The van der Waals surface area contributed by atoms with Crippen molar-refractivity contribution < 1.29 is 19.7 Å². The quantitative estimate of drug-likeness (QED) is 0.823. The summed E-state index contributed by atoms with van der Waals surface area (Å²) >= 11 is 1.29. The molecular formula is C10H12O4S. The van der Waals surface area contributed by atoms with Gasteiger partial charge in [-0.3, -0.25) is 0 Å². The van der Waals surface area contributed by atoms with Crippen molar-refractivity contribution in [3.05, 3.63) is 21.9 Å². The first-order chi connectivity index (χ1) is 7.20. The lowest BCUT2D eigenvalue weighted by Crippen LogP contribution is -2.14. The molecule has 82 valence electrons. The molecule has 15 heavy (non-hydrogen) atoms. The van der Waals surface area contributed by atoms with Crippen molar-refractivity contribution in [3.8, 4) is 0 Å². The van der Waals surface area contributed by atoms with E-state index in [2.05, 4.69) is 0 Å². The van der Waals surface area contributed by atoms with Crippen molar-refractivity contribution in [1.29, 1.82) is 0 Å². The largest absolute Gasteiger partial charge is 0.478 e. The van der Waals surface area contributed by atoms with Crippen LogP contribution in [0, 0.1) is 5.92 Å². The Hall–Kier alpha value is -0.910. The van der Waals surface area contributed by atoms with Gasteiger partial charge in [0.2, 0.25) is 0 Å². The molecule has 2 atom stereocenters.